The minimum absolute atomic E-state index is 0.205. The molecule has 0 bridgehead atoms. The smallest absolute Gasteiger partial charge is 0.258 e. The van der Waals surface area contributed by atoms with E-state index in [4.69, 9.17) is 0 Å². The van der Waals surface area contributed by atoms with E-state index in [0.29, 0.717) is 11.5 Å². The van der Waals surface area contributed by atoms with Gasteiger partial charge >= 0.3 is 0 Å². The van der Waals surface area contributed by atoms with Gasteiger partial charge in [-0.2, -0.15) is 0 Å². The molecule has 0 radical (unpaired) electrons. The van der Waals surface area contributed by atoms with E-state index in [0.717, 1.165) is 48.8 Å². The fourth-order valence-electron chi connectivity index (χ4n) is 3.43. The summed E-state index contributed by atoms with van der Waals surface area (Å²) in [5.41, 5.74) is 3.44. The lowest BCUT2D eigenvalue weighted by molar-refractivity contribution is 0.102. The molecule has 148 valence electrons. The van der Waals surface area contributed by atoms with Crippen LogP contribution in [0.2, 0.25) is 0 Å². The number of anilines is 3. The average Bonchev–Trinajstić information content (AvgIpc) is 2.76. The number of rotatable bonds is 4. The maximum Gasteiger partial charge on any atom is 0.258 e. The number of benzene rings is 1. The van der Waals surface area contributed by atoms with Crippen molar-refractivity contribution in [1.82, 2.24) is 15.0 Å². The van der Waals surface area contributed by atoms with Crippen LogP contribution in [0.4, 0.5) is 17.5 Å². The normalized spacial score (nSPS) is 14.0. The number of pyridine rings is 1. The maximum absolute atomic E-state index is 12.5. The van der Waals surface area contributed by atoms with Crippen LogP contribution in [0.25, 0.3) is 0 Å². The molecule has 1 N–H and O–H groups in total. The van der Waals surface area contributed by atoms with Gasteiger partial charge in [-0.15, -0.1) is 0 Å². The first-order valence-corrected chi connectivity index (χ1v) is 9.72. The van der Waals surface area contributed by atoms with E-state index in [1.54, 1.807) is 12.4 Å². The van der Waals surface area contributed by atoms with Gasteiger partial charge in [-0.25, -0.2) is 15.0 Å². The molecule has 1 aliphatic rings. The molecule has 3 aromatic rings. The van der Waals surface area contributed by atoms with Crippen LogP contribution in [-0.2, 0) is 0 Å². The van der Waals surface area contributed by atoms with Crippen LogP contribution in [0.5, 0.6) is 0 Å². The van der Waals surface area contributed by atoms with E-state index in [1.165, 1.54) is 0 Å². The zero-order valence-corrected chi connectivity index (χ0v) is 16.7. The summed E-state index contributed by atoms with van der Waals surface area (Å²) in [6.45, 7) is 7.34. The minimum Gasteiger partial charge on any atom is -0.353 e. The number of aromatic nitrogens is 3. The molecule has 1 saturated heterocycles. The Hall–Kier alpha value is -3.48. The molecule has 29 heavy (non-hydrogen) atoms. The molecule has 7 heteroatoms. The fraction of sp³-hybridized carbons (Fsp3) is 0.273. The second-order valence-corrected chi connectivity index (χ2v) is 7.21. The monoisotopic (exact) mass is 388 g/mol. The van der Waals surface area contributed by atoms with Gasteiger partial charge in [-0.05, 0) is 37.6 Å². The van der Waals surface area contributed by atoms with E-state index in [2.05, 4.69) is 30.1 Å². The summed E-state index contributed by atoms with van der Waals surface area (Å²) in [4.78, 5) is 30.1. The predicted octanol–water partition coefficient (Wildman–Crippen LogP) is 3.07. The van der Waals surface area contributed by atoms with Crippen molar-refractivity contribution in [2.24, 2.45) is 0 Å². The summed E-state index contributed by atoms with van der Waals surface area (Å²) >= 11 is 0. The Morgan fingerprint density at radius 2 is 1.66 bits per heavy atom. The molecule has 0 unspecified atom stereocenters. The largest absolute Gasteiger partial charge is 0.353 e. The molecular formula is C22H24N6O. The van der Waals surface area contributed by atoms with Crippen LogP contribution in [-0.4, -0.2) is 47.0 Å². The summed E-state index contributed by atoms with van der Waals surface area (Å²) in [6, 6.07) is 11.9. The van der Waals surface area contributed by atoms with Gasteiger partial charge in [0.2, 0.25) is 5.95 Å². The van der Waals surface area contributed by atoms with Crippen molar-refractivity contribution >= 4 is 23.4 Å². The number of hydrogen-bond acceptors (Lipinski definition) is 6. The van der Waals surface area contributed by atoms with Gasteiger partial charge in [0.1, 0.15) is 5.82 Å². The summed E-state index contributed by atoms with van der Waals surface area (Å²) < 4.78 is 0. The van der Waals surface area contributed by atoms with Gasteiger partial charge in [0.05, 0.1) is 5.56 Å². The van der Waals surface area contributed by atoms with Crippen LogP contribution in [0.1, 0.15) is 21.5 Å². The zero-order chi connectivity index (χ0) is 20.2. The Balaban J connectivity index is 1.37. The van der Waals surface area contributed by atoms with Crippen molar-refractivity contribution < 1.29 is 4.79 Å². The van der Waals surface area contributed by atoms with Gasteiger partial charge in [0, 0.05) is 50.5 Å². The first kappa shape index (κ1) is 18.9. The molecule has 1 aromatic carbocycles. The van der Waals surface area contributed by atoms with Crippen molar-refractivity contribution in [3.63, 3.8) is 0 Å². The second-order valence-electron chi connectivity index (χ2n) is 7.21. The Labute approximate surface area is 170 Å². The van der Waals surface area contributed by atoms with E-state index in [1.807, 2.05) is 56.4 Å². The number of nitrogens with zero attached hydrogens (tertiary/aromatic N) is 5. The highest BCUT2D eigenvalue weighted by Crippen LogP contribution is 2.18. The molecule has 0 aliphatic carbocycles. The number of amides is 1. The third-order valence-electron chi connectivity index (χ3n) is 5.07. The topological polar surface area (TPSA) is 74.2 Å². The Morgan fingerprint density at radius 1 is 0.931 bits per heavy atom. The second kappa shape index (κ2) is 8.26. The molecular weight excluding hydrogens is 364 g/mol. The van der Waals surface area contributed by atoms with Crippen LogP contribution in [0, 0.1) is 13.8 Å². The van der Waals surface area contributed by atoms with Crippen LogP contribution >= 0.6 is 0 Å². The van der Waals surface area contributed by atoms with Gasteiger partial charge in [-0.3, -0.25) is 4.79 Å². The van der Waals surface area contributed by atoms with Crippen molar-refractivity contribution in [3.8, 4) is 0 Å². The maximum atomic E-state index is 12.5. The highest BCUT2D eigenvalue weighted by Gasteiger charge is 2.20. The molecule has 3 heterocycles. The molecule has 1 fully saturated rings. The SMILES string of the molecule is Cc1ccc(NC(=O)c2cnc(N3CCN(c4ccccn4)CC3)nc2)c(C)c1. The van der Waals surface area contributed by atoms with Gasteiger partial charge in [-0.1, -0.05) is 23.8 Å². The number of carbonyl (C=O) groups excluding carboxylic acids is 1. The van der Waals surface area contributed by atoms with Crippen molar-refractivity contribution in [1.29, 1.82) is 0 Å². The summed E-state index contributed by atoms with van der Waals surface area (Å²) in [6.07, 6.45) is 4.99. The van der Waals surface area contributed by atoms with Crippen molar-refractivity contribution in [2.75, 3.05) is 41.3 Å². The molecule has 0 saturated carbocycles. The van der Waals surface area contributed by atoms with Crippen LogP contribution < -0.4 is 15.1 Å². The van der Waals surface area contributed by atoms with E-state index >= 15 is 0 Å². The number of carbonyl (C=O) groups is 1. The minimum atomic E-state index is -0.205. The highest BCUT2D eigenvalue weighted by atomic mass is 16.1. The standard InChI is InChI=1S/C22H24N6O/c1-16-6-7-19(17(2)13-16)26-21(29)18-14-24-22(25-15-18)28-11-9-27(10-12-28)20-5-3-4-8-23-20/h3-8,13-15H,9-12H2,1-2H3,(H,26,29). The third kappa shape index (κ3) is 4.34. The molecule has 1 aliphatic heterocycles. The zero-order valence-electron chi connectivity index (χ0n) is 16.7. The quantitative estimate of drug-likeness (QED) is 0.740. The molecule has 0 atom stereocenters. The molecule has 2 aromatic heterocycles. The van der Waals surface area contributed by atoms with E-state index in [9.17, 15) is 4.79 Å². The number of piperazine rings is 1. The van der Waals surface area contributed by atoms with Crippen LogP contribution in [0.3, 0.4) is 0 Å². The molecule has 7 nitrogen and oxygen atoms in total. The number of aryl methyl sites for hydroxylation is 2. The highest BCUT2D eigenvalue weighted by molar-refractivity contribution is 6.04. The van der Waals surface area contributed by atoms with Crippen LogP contribution in [0.15, 0.2) is 55.0 Å². The predicted molar refractivity (Wildman–Crippen MR) is 115 cm³/mol. The Kier molecular flexibility index (Phi) is 5.37. The Bertz CT molecular complexity index is 982. The molecule has 0 spiro atoms. The van der Waals surface area contributed by atoms with Crippen molar-refractivity contribution in [3.05, 3.63) is 71.7 Å². The lowest BCUT2D eigenvalue weighted by atomic mass is 10.1. The summed E-state index contributed by atoms with van der Waals surface area (Å²) in [5, 5.41) is 2.93. The van der Waals surface area contributed by atoms with Gasteiger partial charge in [0.15, 0.2) is 0 Å². The van der Waals surface area contributed by atoms with E-state index in [-0.39, 0.29) is 5.91 Å². The first-order chi connectivity index (χ1) is 14.1. The first-order valence-electron chi connectivity index (χ1n) is 9.72. The average molecular weight is 388 g/mol. The Morgan fingerprint density at radius 3 is 2.31 bits per heavy atom. The van der Waals surface area contributed by atoms with Gasteiger partial charge < -0.3 is 15.1 Å². The summed E-state index contributed by atoms with van der Waals surface area (Å²) in [5.74, 6) is 1.43. The van der Waals surface area contributed by atoms with E-state index < -0.39 is 0 Å². The number of hydrogen-bond donors (Lipinski definition) is 1. The number of nitrogens with one attached hydrogen (secondary N) is 1. The lowest BCUT2D eigenvalue weighted by Gasteiger charge is -2.35. The molecule has 4 rings (SSSR count). The van der Waals surface area contributed by atoms with Gasteiger partial charge in [0.25, 0.3) is 5.91 Å². The molecule has 1 amide bonds. The lowest BCUT2D eigenvalue weighted by Crippen LogP contribution is -2.47. The van der Waals surface area contributed by atoms with Crippen molar-refractivity contribution in [2.45, 2.75) is 13.8 Å². The fourth-order valence-corrected chi connectivity index (χ4v) is 3.43. The summed E-state index contributed by atoms with van der Waals surface area (Å²) in [7, 11) is 0. The third-order valence-corrected chi connectivity index (χ3v) is 5.07.